The van der Waals surface area contributed by atoms with E-state index < -0.39 is 8.38 Å². The van der Waals surface area contributed by atoms with Gasteiger partial charge in [0.2, 0.25) is 0 Å². The van der Waals surface area contributed by atoms with Crippen molar-refractivity contribution in [2.24, 2.45) is 0 Å². The second kappa shape index (κ2) is 7.58. The van der Waals surface area contributed by atoms with E-state index in [0.29, 0.717) is 12.8 Å². The van der Waals surface area contributed by atoms with E-state index >= 15 is 0 Å². The fourth-order valence-corrected chi connectivity index (χ4v) is 1.84. The molecule has 0 saturated carbocycles. The van der Waals surface area contributed by atoms with Crippen LogP contribution in [0.4, 0.5) is 0 Å². The summed E-state index contributed by atoms with van der Waals surface area (Å²) in [5, 5.41) is 0. The molecule has 1 atom stereocenters. The Labute approximate surface area is 92.5 Å². The van der Waals surface area contributed by atoms with Gasteiger partial charge in [0, 0.05) is 6.16 Å². The molecule has 0 saturated heterocycles. The number of hydrogen-bond acceptors (Lipinski definition) is 2. The van der Waals surface area contributed by atoms with Crippen molar-refractivity contribution in [1.29, 1.82) is 0 Å². The number of hydrogen-bond donors (Lipinski definition) is 1. The third kappa shape index (κ3) is 5.68. The van der Waals surface area contributed by atoms with Gasteiger partial charge in [-0.25, -0.2) is 0 Å². The molecule has 0 fully saturated rings. The second-order valence-electron chi connectivity index (χ2n) is 3.17. The highest BCUT2D eigenvalue weighted by atomic mass is 31.2. The summed E-state index contributed by atoms with van der Waals surface area (Å²) in [7, 11) is -1.30. The molecule has 0 spiro atoms. The molecule has 0 aromatic heterocycles. The molecule has 3 heteroatoms. The maximum atomic E-state index is 9.53. The first kappa shape index (κ1) is 12.4. The van der Waals surface area contributed by atoms with E-state index in [-0.39, 0.29) is 0 Å². The normalized spacial score (nSPS) is 13.2. The maximum absolute atomic E-state index is 9.53. The lowest BCUT2D eigenvalue weighted by Gasteiger charge is -2.08. The van der Waals surface area contributed by atoms with E-state index in [1.165, 1.54) is 0 Å². The molecule has 0 aliphatic rings. The standard InChI is InChI=1S/C12H17O2P/c1-2-3-7-10-15(13)14-11-12-8-5-4-6-9-12/h3-9,13H,2,10-11H2,1H3/b7-3+. The Morgan fingerprint density at radius 3 is 2.67 bits per heavy atom. The fourth-order valence-electron chi connectivity index (χ4n) is 1.11. The molecular formula is C12H17O2P. The highest BCUT2D eigenvalue weighted by molar-refractivity contribution is 7.46. The van der Waals surface area contributed by atoms with Gasteiger partial charge in [0.1, 0.15) is 0 Å². The lowest BCUT2D eigenvalue weighted by atomic mass is 10.2. The van der Waals surface area contributed by atoms with E-state index in [1.807, 2.05) is 42.5 Å². The number of allylic oxidation sites excluding steroid dienone is 2. The summed E-state index contributed by atoms with van der Waals surface area (Å²) in [6.45, 7) is 2.56. The van der Waals surface area contributed by atoms with Gasteiger partial charge in [-0.05, 0) is 12.0 Å². The largest absolute Gasteiger partial charge is 0.350 e. The Morgan fingerprint density at radius 1 is 1.27 bits per heavy atom. The third-order valence-corrected chi connectivity index (χ3v) is 2.84. The number of rotatable bonds is 6. The van der Waals surface area contributed by atoms with Gasteiger partial charge >= 0.3 is 0 Å². The summed E-state index contributed by atoms with van der Waals surface area (Å²) < 4.78 is 5.34. The van der Waals surface area contributed by atoms with E-state index in [2.05, 4.69) is 6.92 Å². The highest BCUT2D eigenvalue weighted by Gasteiger charge is 2.02. The molecule has 82 valence electrons. The molecule has 15 heavy (non-hydrogen) atoms. The van der Waals surface area contributed by atoms with Crippen LogP contribution in [0.1, 0.15) is 18.9 Å². The van der Waals surface area contributed by atoms with Crippen molar-refractivity contribution in [2.45, 2.75) is 20.0 Å². The third-order valence-electron chi connectivity index (χ3n) is 1.89. The van der Waals surface area contributed by atoms with Gasteiger partial charge in [-0.15, -0.1) is 0 Å². The van der Waals surface area contributed by atoms with E-state index in [4.69, 9.17) is 4.52 Å². The van der Waals surface area contributed by atoms with Crippen molar-refractivity contribution in [3.8, 4) is 0 Å². The van der Waals surface area contributed by atoms with Crippen LogP contribution in [0, 0.1) is 0 Å². The zero-order valence-electron chi connectivity index (χ0n) is 8.97. The van der Waals surface area contributed by atoms with E-state index in [1.54, 1.807) is 0 Å². The van der Waals surface area contributed by atoms with Crippen LogP contribution in [-0.2, 0) is 11.1 Å². The van der Waals surface area contributed by atoms with Crippen LogP contribution < -0.4 is 0 Å². The lowest BCUT2D eigenvalue weighted by Crippen LogP contribution is -1.89. The summed E-state index contributed by atoms with van der Waals surface area (Å²) in [5.74, 6) is 0. The molecule has 0 bridgehead atoms. The molecule has 1 N–H and O–H groups in total. The predicted octanol–water partition coefficient (Wildman–Crippen LogP) is 3.47. The molecule has 1 aromatic carbocycles. The Morgan fingerprint density at radius 2 is 2.00 bits per heavy atom. The topological polar surface area (TPSA) is 29.5 Å². The Kier molecular flexibility index (Phi) is 6.26. The minimum atomic E-state index is -1.30. The van der Waals surface area contributed by atoms with Crippen LogP contribution in [-0.4, -0.2) is 11.1 Å². The van der Waals surface area contributed by atoms with Crippen molar-refractivity contribution in [3.63, 3.8) is 0 Å². The molecule has 1 aromatic rings. The fraction of sp³-hybridized carbons (Fsp3) is 0.333. The Balaban J connectivity index is 2.22. The van der Waals surface area contributed by atoms with E-state index in [9.17, 15) is 4.89 Å². The van der Waals surface area contributed by atoms with Crippen molar-refractivity contribution in [1.82, 2.24) is 0 Å². The van der Waals surface area contributed by atoms with Gasteiger partial charge in [0.05, 0.1) is 6.61 Å². The molecule has 1 unspecified atom stereocenters. The van der Waals surface area contributed by atoms with Crippen molar-refractivity contribution in [3.05, 3.63) is 48.0 Å². The second-order valence-corrected chi connectivity index (χ2v) is 4.50. The van der Waals surface area contributed by atoms with Crippen LogP contribution in [0.3, 0.4) is 0 Å². The summed E-state index contributed by atoms with van der Waals surface area (Å²) >= 11 is 0. The lowest BCUT2D eigenvalue weighted by molar-refractivity contribution is 0.301. The quantitative estimate of drug-likeness (QED) is 0.592. The molecule has 0 aliphatic heterocycles. The zero-order valence-corrected chi connectivity index (χ0v) is 9.86. The summed E-state index contributed by atoms with van der Waals surface area (Å²) in [5.41, 5.74) is 1.10. The van der Waals surface area contributed by atoms with Gasteiger partial charge in [-0.2, -0.15) is 0 Å². The van der Waals surface area contributed by atoms with Gasteiger partial charge in [-0.1, -0.05) is 49.4 Å². The Hall–Kier alpha value is -0.690. The molecular weight excluding hydrogens is 207 g/mol. The first-order valence-electron chi connectivity index (χ1n) is 5.11. The van der Waals surface area contributed by atoms with Crippen molar-refractivity contribution in [2.75, 3.05) is 6.16 Å². The Bertz CT molecular complexity index is 285. The SMILES string of the molecule is CC/C=C/CP(O)OCc1ccccc1. The summed E-state index contributed by atoms with van der Waals surface area (Å²) in [6, 6.07) is 9.88. The van der Waals surface area contributed by atoms with Gasteiger partial charge in [-0.3, -0.25) is 0 Å². The average Bonchev–Trinajstić information content (AvgIpc) is 2.28. The predicted molar refractivity (Wildman–Crippen MR) is 64.7 cm³/mol. The molecule has 2 nitrogen and oxygen atoms in total. The number of benzene rings is 1. The van der Waals surface area contributed by atoms with Crippen molar-refractivity contribution < 1.29 is 9.42 Å². The van der Waals surface area contributed by atoms with Crippen LogP contribution in [0.2, 0.25) is 0 Å². The minimum Gasteiger partial charge on any atom is -0.350 e. The molecule has 1 rings (SSSR count). The van der Waals surface area contributed by atoms with Crippen LogP contribution >= 0.6 is 8.38 Å². The molecule has 0 heterocycles. The van der Waals surface area contributed by atoms with Gasteiger partial charge < -0.3 is 9.42 Å². The zero-order chi connectivity index (χ0) is 10.9. The average molecular weight is 224 g/mol. The smallest absolute Gasteiger partial charge is 0.172 e. The highest BCUT2D eigenvalue weighted by Crippen LogP contribution is 2.32. The first-order valence-corrected chi connectivity index (χ1v) is 6.51. The summed E-state index contributed by atoms with van der Waals surface area (Å²) in [4.78, 5) is 9.53. The minimum absolute atomic E-state index is 0.489. The molecule has 0 aliphatic carbocycles. The van der Waals surface area contributed by atoms with Gasteiger partial charge in [0.15, 0.2) is 8.38 Å². The van der Waals surface area contributed by atoms with Crippen LogP contribution in [0.5, 0.6) is 0 Å². The van der Waals surface area contributed by atoms with Crippen LogP contribution in [0.25, 0.3) is 0 Å². The van der Waals surface area contributed by atoms with E-state index in [0.717, 1.165) is 12.0 Å². The molecule has 0 amide bonds. The van der Waals surface area contributed by atoms with Gasteiger partial charge in [0.25, 0.3) is 0 Å². The summed E-state index contributed by atoms with van der Waals surface area (Å²) in [6.07, 6.45) is 5.63. The van der Waals surface area contributed by atoms with Crippen LogP contribution in [0.15, 0.2) is 42.5 Å². The molecule has 0 radical (unpaired) electrons. The first-order chi connectivity index (χ1) is 7.33. The maximum Gasteiger partial charge on any atom is 0.172 e. The monoisotopic (exact) mass is 224 g/mol. The van der Waals surface area contributed by atoms with Crippen molar-refractivity contribution >= 4 is 8.38 Å².